The molecule has 8 nitrogen and oxygen atoms in total. The summed E-state index contributed by atoms with van der Waals surface area (Å²) in [4.78, 5) is 26.5. The van der Waals surface area contributed by atoms with E-state index < -0.39 is 0 Å². The van der Waals surface area contributed by atoms with Gasteiger partial charge in [0.25, 0.3) is 0 Å². The molecular weight excluding hydrogens is 375 g/mol. The zero-order valence-corrected chi connectivity index (χ0v) is 15.7. The predicted molar refractivity (Wildman–Crippen MR) is 106 cm³/mol. The standard InChI is InChI=1S/C20H19FN6O2/c1-12-9-13(21)3-4-15(12)17-6-5-16(22)18(25-17)26-20(28)27-10-14(11-27)29-19-23-7-2-8-24-19/h2-9,14H,10-11,22H2,1H3,(H,25,26,28). The molecule has 1 fully saturated rings. The Balaban J connectivity index is 1.41. The molecule has 4 rings (SSSR count). The maximum atomic E-state index is 13.4. The first-order valence-electron chi connectivity index (χ1n) is 9.02. The van der Waals surface area contributed by atoms with E-state index in [-0.39, 0.29) is 29.8 Å². The van der Waals surface area contributed by atoms with E-state index in [1.807, 2.05) is 0 Å². The van der Waals surface area contributed by atoms with Crippen LogP contribution in [0.1, 0.15) is 5.56 Å². The van der Waals surface area contributed by atoms with Crippen LogP contribution in [0.4, 0.5) is 20.7 Å². The molecule has 3 aromatic rings. The third-order valence-electron chi connectivity index (χ3n) is 4.57. The molecule has 0 atom stereocenters. The molecule has 148 valence electrons. The Hall–Kier alpha value is -3.75. The Morgan fingerprint density at radius 3 is 2.72 bits per heavy atom. The van der Waals surface area contributed by atoms with E-state index in [1.165, 1.54) is 12.1 Å². The number of halogens is 1. The van der Waals surface area contributed by atoms with Gasteiger partial charge in [-0.25, -0.2) is 24.1 Å². The number of hydrogen-bond donors (Lipinski definition) is 2. The van der Waals surface area contributed by atoms with Crippen LogP contribution in [-0.2, 0) is 0 Å². The Labute approximate surface area is 166 Å². The van der Waals surface area contributed by atoms with E-state index in [0.717, 1.165) is 11.1 Å². The fourth-order valence-electron chi connectivity index (χ4n) is 2.99. The third-order valence-corrected chi connectivity index (χ3v) is 4.57. The smallest absolute Gasteiger partial charge is 0.323 e. The molecule has 9 heteroatoms. The predicted octanol–water partition coefficient (Wildman–Crippen LogP) is 2.86. The first-order valence-corrected chi connectivity index (χ1v) is 9.02. The van der Waals surface area contributed by atoms with Crippen LogP contribution in [0.25, 0.3) is 11.3 Å². The maximum absolute atomic E-state index is 13.4. The molecule has 0 saturated carbocycles. The van der Waals surface area contributed by atoms with Crippen LogP contribution in [0.5, 0.6) is 6.01 Å². The Morgan fingerprint density at radius 1 is 1.24 bits per heavy atom. The van der Waals surface area contributed by atoms with Crippen molar-refractivity contribution in [3.05, 3.63) is 60.2 Å². The second-order valence-electron chi connectivity index (χ2n) is 6.70. The van der Waals surface area contributed by atoms with Crippen LogP contribution in [0, 0.1) is 12.7 Å². The number of benzene rings is 1. The summed E-state index contributed by atoms with van der Waals surface area (Å²) in [6.45, 7) is 2.60. The average molecular weight is 394 g/mol. The monoisotopic (exact) mass is 394 g/mol. The van der Waals surface area contributed by atoms with E-state index in [0.29, 0.717) is 24.5 Å². The zero-order valence-electron chi connectivity index (χ0n) is 15.7. The lowest BCUT2D eigenvalue weighted by Gasteiger charge is -2.38. The number of aryl methyl sites for hydroxylation is 1. The first-order chi connectivity index (χ1) is 14.0. The Kier molecular flexibility index (Phi) is 4.94. The molecule has 1 aromatic carbocycles. The van der Waals surface area contributed by atoms with Gasteiger partial charge < -0.3 is 15.4 Å². The van der Waals surface area contributed by atoms with Crippen LogP contribution in [0.3, 0.4) is 0 Å². The molecule has 2 amide bonds. The number of amides is 2. The highest BCUT2D eigenvalue weighted by atomic mass is 19.1. The Morgan fingerprint density at radius 2 is 2.00 bits per heavy atom. The van der Waals surface area contributed by atoms with Crippen LogP contribution < -0.4 is 15.8 Å². The molecular formula is C20H19FN6O2. The van der Waals surface area contributed by atoms with Gasteiger partial charge in [0.1, 0.15) is 11.9 Å². The number of anilines is 2. The van der Waals surface area contributed by atoms with Gasteiger partial charge in [-0.1, -0.05) is 0 Å². The molecule has 1 aliphatic rings. The number of carbonyl (C=O) groups excluding carboxylic acids is 1. The molecule has 0 unspecified atom stereocenters. The second-order valence-corrected chi connectivity index (χ2v) is 6.70. The van der Waals surface area contributed by atoms with Crippen LogP contribution in [-0.4, -0.2) is 45.1 Å². The maximum Gasteiger partial charge on any atom is 0.323 e. The van der Waals surface area contributed by atoms with E-state index >= 15 is 0 Å². The summed E-state index contributed by atoms with van der Waals surface area (Å²) in [5, 5.41) is 2.73. The minimum atomic E-state index is -0.328. The Bertz CT molecular complexity index is 1040. The van der Waals surface area contributed by atoms with Crippen LogP contribution >= 0.6 is 0 Å². The topological polar surface area (TPSA) is 106 Å². The number of likely N-dealkylation sites (tertiary alicyclic amines) is 1. The summed E-state index contributed by atoms with van der Waals surface area (Å²) in [5.74, 6) is -0.0577. The number of aromatic nitrogens is 3. The third kappa shape index (κ3) is 4.08. The second kappa shape index (κ2) is 7.70. The summed E-state index contributed by atoms with van der Waals surface area (Å²) >= 11 is 0. The number of rotatable bonds is 4. The summed E-state index contributed by atoms with van der Waals surface area (Å²) in [5.41, 5.74) is 8.41. The molecule has 0 bridgehead atoms. The minimum absolute atomic E-state index is 0.165. The van der Waals surface area contributed by atoms with Crippen molar-refractivity contribution < 1.29 is 13.9 Å². The van der Waals surface area contributed by atoms with Gasteiger partial charge in [0.05, 0.1) is 24.5 Å². The van der Waals surface area contributed by atoms with Gasteiger partial charge in [0, 0.05) is 18.0 Å². The normalized spacial score (nSPS) is 13.7. The van der Waals surface area contributed by atoms with Crippen molar-refractivity contribution in [1.82, 2.24) is 19.9 Å². The molecule has 3 heterocycles. The highest BCUT2D eigenvalue weighted by Crippen LogP contribution is 2.27. The average Bonchev–Trinajstić information content (AvgIpc) is 2.67. The number of nitrogens with zero attached hydrogens (tertiary/aromatic N) is 4. The summed E-state index contributed by atoms with van der Waals surface area (Å²) < 4.78 is 19.0. The summed E-state index contributed by atoms with van der Waals surface area (Å²) in [6.07, 6.45) is 3.02. The van der Waals surface area contributed by atoms with E-state index in [2.05, 4.69) is 20.3 Å². The molecule has 1 aliphatic heterocycles. The number of urea groups is 1. The van der Waals surface area contributed by atoms with Crippen molar-refractivity contribution in [3.63, 3.8) is 0 Å². The highest BCUT2D eigenvalue weighted by molar-refractivity contribution is 5.92. The number of nitrogens with one attached hydrogen (secondary N) is 1. The lowest BCUT2D eigenvalue weighted by molar-refractivity contribution is 0.0425. The number of hydrogen-bond acceptors (Lipinski definition) is 6. The number of nitrogen functional groups attached to an aromatic ring is 1. The quantitative estimate of drug-likeness (QED) is 0.705. The number of nitrogens with two attached hydrogens (primary N) is 1. The summed E-state index contributed by atoms with van der Waals surface area (Å²) in [6, 6.07) is 9.51. The van der Waals surface area contributed by atoms with Gasteiger partial charge in [-0.2, -0.15) is 0 Å². The van der Waals surface area contributed by atoms with E-state index in [9.17, 15) is 9.18 Å². The van der Waals surface area contributed by atoms with Crippen molar-refractivity contribution in [1.29, 1.82) is 0 Å². The molecule has 3 N–H and O–H groups in total. The van der Waals surface area contributed by atoms with Crippen molar-refractivity contribution in [2.75, 3.05) is 24.1 Å². The van der Waals surface area contributed by atoms with Crippen LogP contribution in [0.2, 0.25) is 0 Å². The minimum Gasteiger partial charge on any atom is -0.456 e. The van der Waals surface area contributed by atoms with Crippen molar-refractivity contribution in [2.45, 2.75) is 13.0 Å². The van der Waals surface area contributed by atoms with Gasteiger partial charge in [0.15, 0.2) is 5.82 Å². The fourth-order valence-corrected chi connectivity index (χ4v) is 2.99. The number of carbonyl (C=O) groups is 1. The molecule has 0 radical (unpaired) electrons. The molecule has 1 saturated heterocycles. The van der Waals surface area contributed by atoms with Crippen LogP contribution in [0.15, 0.2) is 48.8 Å². The van der Waals surface area contributed by atoms with Gasteiger partial charge >= 0.3 is 12.0 Å². The molecule has 29 heavy (non-hydrogen) atoms. The largest absolute Gasteiger partial charge is 0.456 e. The van der Waals surface area contributed by atoms with Crippen molar-refractivity contribution >= 4 is 17.5 Å². The van der Waals surface area contributed by atoms with Crippen molar-refractivity contribution in [3.8, 4) is 17.3 Å². The highest BCUT2D eigenvalue weighted by Gasteiger charge is 2.33. The lowest BCUT2D eigenvalue weighted by Crippen LogP contribution is -2.57. The zero-order chi connectivity index (χ0) is 20.4. The van der Waals surface area contributed by atoms with Gasteiger partial charge in [-0.05, 0) is 48.9 Å². The van der Waals surface area contributed by atoms with Gasteiger partial charge in [-0.15, -0.1) is 0 Å². The number of ether oxygens (including phenoxy) is 1. The van der Waals surface area contributed by atoms with E-state index in [4.69, 9.17) is 10.5 Å². The molecule has 0 spiro atoms. The van der Waals surface area contributed by atoms with Gasteiger partial charge in [-0.3, -0.25) is 5.32 Å². The molecule has 0 aliphatic carbocycles. The van der Waals surface area contributed by atoms with E-state index in [1.54, 1.807) is 48.5 Å². The fraction of sp³-hybridized carbons (Fsp3) is 0.200. The van der Waals surface area contributed by atoms with Gasteiger partial charge in [0.2, 0.25) is 0 Å². The van der Waals surface area contributed by atoms with Crippen molar-refractivity contribution in [2.24, 2.45) is 0 Å². The molecule has 2 aromatic heterocycles. The first kappa shape index (κ1) is 18.6. The lowest BCUT2D eigenvalue weighted by atomic mass is 10.0. The SMILES string of the molecule is Cc1cc(F)ccc1-c1ccc(N)c(NC(=O)N2CC(Oc3ncccn3)C2)n1. The number of pyridine rings is 1. The summed E-state index contributed by atoms with van der Waals surface area (Å²) in [7, 11) is 0.